The number of nitrogens with zero attached hydrogens (tertiary/aromatic N) is 2. The molecule has 4 nitrogen and oxygen atoms in total. The zero-order valence-electron chi connectivity index (χ0n) is 11.1. The molecule has 3 heterocycles. The predicted molar refractivity (Wildman–Crippen MR) is 79.7 cm³/mol. The van der Waals surface area contributed by atoms with Gasteiger partial charge in [-0.05, 0) is 19.8 Å². The number of carbonyl (C=O) groups is 1. The van der Waals surface area contributed by atoms with E-state index < -0.39 is 0 Å². The van der Waals surface area contributed by atoms with Crippen LogP contribution < -0.4 is 5.32 Å². The average molecular weight is 297 g/mol. The minimum atomic E-state index is 0.0294. The van der Waals surface area contributed by atoms with E-state index in [1.807, 2.05) is 11.8 Å². The molecule has 2 atom stereocenters. The highest BCUT2D eigenvalue weighted by Crippen LogP contribution is 2.29. The maximum Gasteiger partial charge on any atom is 0.240 e. The van der Waals surface area contributed by atoms with Gasteiger partial charge in [0.25, 0.3) is 0 Å². The van der Waals surface area contributed by atoms with E-state index in [1.165, 1.54) is 5.01 Å². The minimum absolute atomic E-state index is 0.0294. The molecule has 0 radical (unpaired) electrons. The summed E-state index contributed by atoms with van der Waals surface area (Å²) in [6.07, 6.45) is 2.25. The first kappa shape index (κ1) is 13.4. The van der Waals surface area contributed by atoms with Crippen molar-refractivity contribution in [2.45, 2.75) is 31.7 Å². The molecule has 2 aliphatic rings. The summed E-state index contributed by atoms with van der Waals surface area (Å²) in [4.78, 5) is 19.0. The standard InChI is InChI=1S/C13H19N3OS2/c1-9-6-19-12(15-9)10-3-2-4-16(5-10)13(17)11-7-18-8-14-11/h6,10-11,14H,2-5,7-8H2,1H3/t10-,11-/m0/s1. The van der Waals surface area contributed by atoms with Gasteiger partial charge in [-0.15, -0.1) is 23.1 Å². The molecule has 104 valence electrons. The molecule has 2 fully saturated rings. The number of rotatable bonds is 2. The van der Waals surface area contributed by atoms with Crippen LogP contribution in [0.3, 0.4) is 0 Å². The number of carbonyl (C=O) groups excluding carboxylic acids is 1. The molecule has 0 spiro atoms. The van der Waals surface area contributed by atoms with Crippen molar-refractivity contribution in [2.24, 2.45) is 0 Å². The number of aryl methyl sites for hydroxylation is 1. The van der Waals surface area contributed by atoms with Crippen LogP contribution in [0.15, 0.2) is 5.38 Å². The first-order chi connectivity index (χ1) is 9.24. The Balaban J connectivity index is 1.65. The second-order valence-corrected chi connectivity index (χ2v) is 7.14. The molecule has 2 aliphatic heterocycles. The number of thioether (sulfide) groups is 1. The normalized spacial score (nSPS) is 27.7. The monoisotopic (exact) mass is 297 g/mol. The molecular weight excluding hydrogens is 278 g/mol. The Morgan fingerprint density at radius 1 is 1.58 bits per heavy atom. The molecule has 0 bridgehead atoms. The quantitative estimate of drug-likeness (QED) is 0.904. The largest absolute Gasteiger partial charge is 0.341 e. The van der Waals surface area contributed by atoms with Gasteiger partial charge in [0.15, 0.2) is 0 Å². The molecule has 3 rings (SSSR count). The molecule has 0 saturated carbocycles. The van der Waals surface area contributed by atoms with Gasteiger partial charge in [0, 0.05) is 41.7 Å². The number of piperidine rings is 1. The molecule has 1 aromatic heterocycles. The van der Waals surface area contributed by atoms with Crippen LogP contribution in [0.1, 0.15) is 29.5 Å². The first-order valence-corrected chi connectivity index (χ1v) is 8.79. The Morgan fingerprint density at radius 2 is 2.47 bits per heavy atom. The van der Waals surface area contributed by atoms with E-state index in [0.29, 0.717) is 5.92 Å². The number of hydrogen-bond donors (Lipinski definition) is 1. The number of hydrogen-bond acceptors (Lipinski definition) is 5. The molecule has 6 heteroatoms. The lowest BCUT2D eigenvalue weighted by molar-refractivity contribution is -0.133. The summed E-state index contributed by atoms with van der Waals surface area (Å²) in [5.41, 5.74) is 1.09. The third-order valence-corrected chi connectivity index (χ3v) is 5.80. The van der Waals surface area contributed by atoms with Crippen molar-refractivity contribution in [3.63, 3.8) is 0 Å². The maximum atomic E-state index is 12.4. The minimum Gasteiger partial charge on any atom is -0.341 e. The van der Waals surface area contributed by atoms with E-state index >= 15 is 0 Å². The lowest BCUT2D eigenvalue weighted by Crippen LogP contribution is -2.48. The van der Waals surface area contributed by atoms with Gasteiger partial charge >= 0.3 is 0 Å². The highest BCUT2D eigenvalue weighted by atomic mass is 32.2. The van der Waals surface area contributed by atoms with Gasteiger partial charge in [-0.3, -0.25) is 10.1 Å². The number of nitrogens with one attached hydrogen (secondary N) is 1. The summed E-state index contributed by atoms with van der Waals surface area (Å²) >= 11 is 3.54. The van der Waals surface area contributed by atoms with Crippen molar-refractivity contribution in [3.05, 3.63) is 16.1 Å². The highest BCUT2D eigenvalue weighted by Gasteiger charge is 2.31. The van der Waals surface area contributed by atoms with Gasteiger partial charge in [0.05, 0.1) is 11.0 Å². The Bertz CT molecular complexity index is 456. The Morgan fingerprint density at radius 3 is 3.16 bits per heavy atom. The van der Waals surface area contributed by atoms with E-state index in [0.717, 1.165) is 43.3 Å². The van der Waals surface area contributed by atoms with Gasteiger partial charge in [-0.25, -0.2) is 4.98 Å². The molecule has 2 saturated heterocycles. The van der Waals surface area contributed by atoms with Crippen molar-refractivity contribution in [3.8, 4) is 0 Å². The summed E-state index contributed by atoms with van der Waals surface area (Å²) in [5.74, 6) is 2.53. The van der Waals surface area contributed by atoms with Crippen molar-refractivity contribution in [1.29, 1.82) is 0 Å². The SMILES string of the molecule is Cc1csc([C@H]2CCCN(C(=O)[C@@H]3CSCN3)C2)n1. The topological polar surface area (TPSA) is 45.2 Å². The van der Waals surface area contributed by atoms with Gasteiger partial charge < -0.3 is 4.90 Å². The molecule has 0 aliphatic carbocycles. The zero-order chi connectivity index (χ0) is 13.2. The Kier molecular flexibility index (Phi) is 4.10. The van der Waals surface area contributed by atoms with Crippen molar-refractivity contribution < 1.29 is 4.79 Å². The predicted octanol–water partition coefficient (Wildman–Crippen LogP) is 1.82. The van der Waals surface area contributed by atoms with Gasteiger partial charge in [0.1, 0.15) is 0 Å². The van der Waals surface area contributed by atoms with Gasteiger partial charge in [-0.1, -0.05) is 0 Å². The fourth-order valence-corrected chi connectivity index (χ4v) is 4.57. The third-order valence-electron chi connectivity index (χ3n) is 3.73. The molecule has 1 amide bonds. The average Bonchev–Trinajstić information content (AvgIpc) is 3.09. The van der Waals surface area contributed by atoms with E-state index in [2.05, 4.69) is 15.7 Å². The van der Waals surface area contributed by atoms with Crippen LogP contribution in [-0.4, -0.2) is 46.6 Å². The van der Waals surface area contributed by atoms with Crippen LogP contribution in [-0.2, 0) is 4.79 Å². The second kappa shape index (κ2) is 5.81. The summed E-state index contributed by atoms with van der Waals surface area (Å²) in [6.45, 7) is 3.78. The molecular formula is C13H19N3OS2. The van der Waals surface area contributed by atoms with Crippen molar-refractivity contribution >= 4 is 29.0 Å². The van der Waals surface area contributed by atoms with Crippen molar-refractivity contribution in [2.75, 3.05) is 24.7 Å². The maximum absolute atomic E-state index is 12.4. The number of likely N-dealkylation sites (tertiary alicyclic amines) is 1. The van der Waals surface area contributed by atoms with Crippen LogP contribution in [0, 0.1) is 6.92 Å². The van der Waals surface area contributed by atoms with Crippen LogP contribution in [0.25, 0.3) is 0 Å². The summed E-state index contributed by atoms with van der Waals surface area (Å²) < 4.78 is 0. The Labute approximate surface area is 122 Å². The number of thiazole rings is 1. The van der Waals surface area contributed by atoms with Crippen LogP contribution in [0.2, 0.25) is 0 Å². The first-order valence-electron chi connectivity index (χ1n) is 6.76. The number of aromatic nitrogens is 1. The molecule has 19 heavy (non-hydrogen) atoms. The fourth-order valence-electron chi connectivity index (χ4n) is 2.71. The van der Waals surface area contributed by atoms with Crippen LogP contribution in [0.4, 0.5) is 0 Å². The molecule has 1 N–H and O–H groups in total. The fraction of sp³-hybridized carbons (Fsp3) is 0.692. The van der Waals surface area contributed by atoms with Crippen molar-refractivity contribution in [1.82, 2.24) is 15.2 Å². The van der Waals surface area contributed by atoms with E-state index in [-0.39, 0.29) is 11.9 Å². The summed E-state index contributed by atoms with van der Waals surface area (Å²) in [7, 11) is 0. The number of amides is 1. The summed E-state index contributed by atoms with van der Waals surface area (Å²) in [6, 6.07) is 0.0294. The molecule has 0 unspecified atom stereocenters. The zero-order valence-corrected chi connectivity index (χ0v) is 12.7. The highest BCUT2D eigenvalue weighted by molar-refractivity contribution is 7.99. The van der Waals surface area contributed by atoms with Crippen LogP contribution >= 0.6 is 23.1 Å². The van der Waals surface area contributed by atoms with Crippen LogP contribution in [0.5, 0.6) is 0 Å². The lowest BCUT2D eigenvalue weighted by atomic mass is 9.98. The van der Waals surface area contributed by atoms with E-state index in [4.69, 9.17) is 0 Å². The smallest absolute Gasteiger partial charge is 0.240 e. The van der Waals surface area contributed by atoms with E-state index in [1.54, 1.807) is 23.1 Å². The lowest BCUT2D eigenvalue weighted by Gasteiger charge is -2.33. The molecule has 0 aromatic carbocycles. The van der Waals surface area contributed by atoms with E-state index in [9.17, 15) is 4.79 Å². The second-order valence-electron chi connectivity index (χ2n) is 5.22. The van der Waals surface area contributed by atoms with Gasteiger partial charge in [0.2, 0.25) is 5.91 Å². The third kappa shape index (κ3) is 2.95. The Hall–Kier alpha value is -0.590. The van der Waals surface area contributed by atoms with Gasteiger partial charge in [-0.2, -0.15) is 0 Å². The summed E-state index contributed by atoms with van der Waals surface area (Å²) in [5, 5.41) is 6.57. The molecule has 1 aromatic rings.